The van der Waals surface area contributed by atoms with Gasteiger partial charge < -0.3 is 10.1 Å². The Hall–Kier alpha value is -2.80. The molecule has 0 saturated carbocycles. The fraction of sp³-hybridized carbons (Fsp3) is 0.263. The highest BCUT2D eigenvalue weighted by Gasteiger charge is 2.16. The number of nitrogens with zero attached hydrogens (tertiary/aromatic N) is 1. The molecule has 23 heavy (non-hydrogen) atoms. The average Bonchev–Trinajstić information content (AvgIpc) is 2.60. The highest BCUT2D eigenvalue weighted by Crippen LogP contribution is 2.15. The van der Waals surface area contributed by atoms with Crippen LogP contribution in [0.5, 0.6) is 5.75 Å². The lowest BCUT2D eigenvalue weighted by molar-refractivity contribution is -0.127. The van der Waals surface area contributed by atoms with Gasteiger partial charge in [0.25, 0.3) is 5.91 Å². The van der Waals surface area contributed by atoms with Crippen molar-refractivity contribution in [3.05, 3.63) is 65.7 Å². The second-order valence-corrected chi connectivity index (χ2v) is 5.46. The van der Waals surface area contributed by atoms with Crippen LogP contribution in [0.3, 0.4) is 0 Å². The van der Waals surface area contributed by atoms with E-state index in [1.54, 1.807) is 31.2 Å². The maximum Gasteiger partial charge on any atom is 0.260 e. The van der Waals surface area contributed by atoms with Crippen LogP contribution in [0, 0.1) is 11.3 Å². The lowest BCUT2D eigenvalue weighted by Gasteiger charge is -2.17. The van der Waals surface area contributed by atoms with Gasteiger partial charge in [0.2, 0.25) is 0 Å². The average molecular weight is 308 g/mol. The fourth-order valence-corrected chi connectivity index (χ4v) is 2.19. The van der Waals surface area contributed by atoms with Crippen molar-refractivity contribution >= 4 is 5.91 Å². The van der Waals surface area contributed by atoms with Crippen LogP contribution in [-0.2, 0) is 4.79 Å². The molecule has 0 heterocycles. The number of nitriles is 1. The van der Waals surface area contributed by atoms with Gasteiger partial charge in [-0.05, 0) is 36.6 Å². The topological polar surface area (TPSA) is 62.1 Å². The standard InChI is InChI=1S/C19H20N2O2/c1-14(17-8-4-3-5-9-17)13-21-19(22)15(2)23-18-10-6-7-16(11-18)12-20/h3-11,14-15H,13H2,1-2H3,(H,21,22). The lowest BCUT2D eigenvalue weighted by atomic mass is 10.0. The van der Waals surface area contributed by atoms with Gasteiger partial charge in [-0.15, -0.1) is 0 Å². The number of hydrogen-bond donors (Lipinski definition) is 1. The van der Waals surface area contributed by atoms with Crippen LogP contribution in [0.25, 0.3) is 0 Å². The quantitative estimate of drug-likeness (QED) is 0.891. The summed E-state index contributed by atoms with van der Waals surface area (Å²) in [6, 6.07) is 18.9. The Balaban J connectivity index is 1.86. The molecule has 1 amide bonds. The third kappa shape index (κ3) is 4.86. The van der Waals surface area contributed by atoms with E-state index < -0.39 is 6.10 Å². The highest BCUT2D eigenvalue weighted by atomic mass is 16.5. The molecule has 0 bridgehead atoms. The second-order valence-electron chi connectivity index (χ2n) is 5.46. The van der Waals surface area contributed by atoms with Crippen molar-refractivity contribution in [2.45, 2.75) is 25.9 Å². The number of rotatable bonds is 6. The maximum absolute atomic E-state index is 12.1. The van der Waals surface area contributed by atoms with Crippen LogP contribution in [-0.4, -0.2) is 18.6 Å². The number of carbonyl (C=O) groups excluding carboxylic acids is 1. The summed E-state index contributed by atoms with van der Waals surface area (Å²) in [5.41, 5.74) is 1.69. The Bertz CT molecular complexity index is 692. The molecular formula is C19H20N2O2. The van der Waals surface area contributed by atoms with E-state index >= 15 is 0 Å². The first-order valence-corrected chi connectivity index (χ1v) is 7.59. The molecule has 4 heteroatoms. The molecule has 0 fully saturated rings. The van der Waals surface area contributed by atoms with Gasteiger partial charge in [0.1, 0.15) is 5.75 Å². The molecule has 2 atom stereocenters. The minimum absolute atomic E-state index is 0.171. The molecule has 1 N–H and O–H groups in total. The van der Waals surface area contributed by atoms with Gasteiger partial charge in [-0.3, -0.25) is 4.79 Å². The van der Waals surface area contributed by atoms with Crippen molar-refractivity contribution in [2.24, 2.45) is 0 Å². The molecule has 0 aliphatic rings. The zero-order valence-electron chi connectivity index (χ0n) is 13.3. The fourth-order valence-electron chi connectivity index (χ4n) is 2.19. The molecule has 0 aliphatic carbocycles. The van der Waals surface area contributed by atoms with E-state index in [0.29, 0.717) is 17.9 Å². The monoisotopic (exact) mass is 308 g/mol. The van der Waals surface area contributed by atoms with E-state index in [4.69, 9.17) is 10.00 Å². The van der Waals surface area contributed by atoms with E-state index in [2.05, 4.69) is 12.2 Å². The van der Waals surface area contributed by atoms with E-state index in [9.17, 15) is 4.79 Å². The summed E-state index contributed by atoms with van der Waals surface area (Å²) in [6.45, 7) is 4.31. The van der Waals surface area contributed by atoms with Gasteiger partial charge in [0.15, 0.2) is 6.10 Å². The molecule has 4 nitrogen and oxygen atoms in total. The maximum atomic E-state index is 12.1. The second kappa shape index (κ2) is 8.00. The normalized spacial score (nSPS) is 12.7. The van der Waals surface area contributed by atoms with Gasteiger partial charge in [0.05, 0.1) is 11.6 Å². The molecule has 2 unspecified atom stereocenters. The number of hydrogen-bond acceptors (Lipinski definition) is 3. The van der Waals surface area contributed by atoms with Crippen LogP contribution >= 0.6 is 0 Å². The van der Waals surface area contributed by atoms with E-state index in [1.165, 1.54) is 5.56 Å². The van der Waals surface area contributed by atoms with Gasteiger partial charge in [-0.25, -0.2) is 0 Å². The molecule has 0 saturated heterocycles. The van der Waals surface area contributed by atoms with Crippen molar-refractivity contribution < 1.29 is 9.53 Å². The van der Waals surface area contributed by atoms with E-state index in [0.717, 1.165) is 0 Å². The summed E-state index contributed by atoms with van der Waals surface area (Å²) in [5.74, 6) is 0.576. The van der Waals surface area contributed by atoms with Crippen LogP contribution in [0.4, 0.5) is 0 Å². The van der Waals surface area contributed by atoms with E-state index in [-0.39, 0.29) is 11.8 Å². The van der Waals surface area contributed by atoms with Crippen molar-refractivity contribution in [1.29, 1.82) is 5.26 Å². The molecule has 0 aliphatic heterocycles. The first-order chi connectivity index (χ1) is 11.1. The van der Waals surface area contributed by atoms with Crippen LogP contribution in [0.1, 0.15) is 30.9 Å². The molecule has 2 aromatic rings. The minimum Gasteiger partial charge on any atom is -0.481 e. The minimum atomic E-state index is -0.619. The zero-order chi connectivity index (χ0) is 16.7. The third-order valence-electron chi connectivity index (χ3n) is 3.60. The highest BCUT2D eigenvalue weighted by molar-refractivity contribution is 5.80. The van der Waals surface area contributed by atoms with Crippen molar-refractivity contribution in [3.8, 4) is 11.8 Å². The van der Waals surface area contributed by atoms with Gasteiger partial charge in [0, 0.05) is 6.54 Å². The Morgan fingerprint density at radius 1 is 1.17 bits per heavy atom. The molecule has 2 aromatic carbocycles. The summed E-state index contributed by atoms with van der Waals surface area (Å²) in [5, 5.41) is 11.8. The summed E-state index contributed by atoms with van der Waals surface area (Å²) in [6.07, 6.45) is -0.619. The number of benzene rings is 2. The molecule has 0 aromatic heterocycles. The Kier molecular flexibility index (Phi) is 5.76. The first-order valence-electron chi connectivity index (χ1n) is 7.59. The zero-order valence-corrected chi connectivity index (χ0v) is 13.3. The van der Waals surface area contributed by atoms with Crippen LogP contribution < -0.4 is 10.1 Å². The molecule has 0 spiro atoms. The van der Waals surface area contributed by atoms with Gasteiger partial charge in [-0.1, -0.05) is 43.3 Å². The number of ether oxygens (including phenoxy) is 1. The Morgan fingerprint density at radius 2 is 1.91 bits per heavy atom. The van der Waals surface area contributed by atoms with Crippen molar-refractivity contribution in [1.82, 2.24) is 5.32 Å². The van der Waals surface area contributed by atoms with Crippen LogP contribution in [0.15, 0.2) is 54.6 Å². The predicted octanol–water partition coefficient (Wildman–Crippen LogP) is 3.25. The molecule has 118 valence electrons. The first kappa shape index (κ1) is 16.6. The Labute approximate surface area is 136 Å². The number of carbonyl (C=O) groups is 1. The summed E-state index contributed by atoms with van der Waals surface area (Å²) < 4.78 is 5.59. The van der Waals surface area contributed by atoms with Gasteiger partial charge in [-0.2, -0.15) is 5.26 Å². The predicted molar refractivity (Wildman–Crippen MR) is 89.1 cm³/mol. The van der Waals surface area contributed by atoms with Crippen LogP contribution in [0.2, 0.25) is 0 Å². The smallest absolute Gasteiger partial charge is 0.260 e. The lowest BCUT2D eigenvalue weighted by Crippen LogP contribution is -2.38. The SMILES string of the molecule is CC(Oc1cccc(C#N)c1)C(=O)NCC(C)c1ccccc1. The molecule has 2 rings (SSSR count). The number of amides is 1. The van der Waals surface area contributed by atoms with Crippen molar-refractivity contribution in [3.63, 3.8) is 0 Å². The number of nitrogens with one attached hydrogen (secondary N) is 1. The Morgan fingerprint density at radius 3 is 2.61 bits per heavy atom. The van der Waals surface area contributed by atoms with E-state index in [1.807, 2.05) is 36.4 Å². The molecule has 0 radical (unpaired) electrons. The van der Waals surface area contributed by atoms with Crippen molar-refractivity contribution in [2.75, 3.05) is 6.54 Å². The summed E-state index contributed by atoms with van der Waals surface area (Å²) >= 11 is 0. The molecular weight excluding hydrogens is 288 g/mol. The summed E-state index contributed by atoms with van der Waals surface area (Å²) in [7, 11) is 0. The summed E-state index contributed by atoms with van der Waals surface area (Å²) in [4.78, 5) is 12.1. The third-order valence-corrected chi connectivity index (χ3v) is 3.60. The largest absolute Gasteiger partial charge is 0.481 e. The van der Waals surface area contributed by atoms with Gasteiger partial charge >= 0.3 is 0 Å².